The number of nitrogens with zero attached hydrogens (tertiary/aromatic N) is 3. The minimum atomic E-state index is -0.467. The van der Waals surface area contributed by atoms with Gasteiger partial charge in [-0.2, -0.15) is 0 Å². The first kappa shape index (κ1) is 23.8. The molecule has 0 spiro atoms. The van der Waals surface area contributed by atoms with Crippen molar-refractivity contribution < 1.29 is 19.2 Å². The minimum absolute atomic E-state index is 0.00704. The molecule has 0 radical (unpaired) electrons. The summed E-state index contributed by atoms with van der Waals surface area (Å²) in [6.45, 7) is 6.86. The zero-order valence-corrected chi connectivity index (χ0v) is 18.0. The fourth-order valence-electron chi connectivity index (χ4n) is 3.34. The van der Waals surface area contributed by atoms with Crippen LogP contribution in [-0.2, 0) is 14.3 Å². The number of ether oxygens (including phenoxy) is 1. The van der Waals surface area contributed by atoms with Gasteiger partial charge in [-0.1, -0.05) is 0 Å². The zero-order valence-electron chi connectivity index (χ0n) is 18.0. The summed E-state index contributed by atoms with van der Waals surface area (Å²) in [5.74, 6) is -0.0276. The highest BCUT2D eigenvalue weighted by molar-refractivity contribution is 5.94. The predicted molar refractivity (Wildman–Crippen MR) is 114 cm³/mol. The van der Waals surface area contributed by atoms with Crippen molar-refractivity contribution in [2.45, 2.75) is 39.2 Å². The van der Waals surface area contributed by atoms with Crippen molar-refractivity contribution in [3.05, 3.63) is 34.4 Å². The van der Waals surface area contributed by atoms with E-state index in [1.54, 1.807) is 19.2 Å². The van der Waals surface area contributed by atoms with E-state index >= 15 is 0 Å². The monoisotopic (exact) mass is 420 g/mol. The Morgan fingerprint density at radius 3 is 2.47 bits per heavy atom. The van der Waals surface area contributed by atoms with Crippen LogP contribution in [0.25, 0.3) is 0 Å². The normalized spacial score (nSPS) is 15.2. The second kappa shape index (κ2) is 11.6. The maximum absolute atomic E-state index is 12.6. The number of piperidine rings is 1. The maximum Gasteiger partial charge on any atom is 0.269 e. The van der Waals surface area contributed by atoms with E-state index in [0.717, 1.165) is 19.3 Å². The smallest absolute Gasteiger partial charge is 0.269 e. The van der Waals surface area contributed by atoms with E-state index in [2.05, 4.69) is 5.32 Å². The molecule has 30 heavy (non-hydrogen) atoms. The molecule has 1 N–H and O–H groups in total. The highest BCUT2D eigenvalue weighted by Gasteiger charge is 2.26. The number of likely N-dealkylation sites (tertiary alicyclic amines) is 1. The van der Waals surface area contributed by atoms with Gasteiger partial charge in [0.2, 0.25) is 11.8 Å². The number of non-ortho nitro benzene ring substituents is 1. The highest BCUT2D eigenvalue weighted by Crippen LogP contribution is 2.20. The fraction of sp³-hybridized carbons (Fsp3) is 0.619. The molecule has 0 aliphatic carbocycles. The lowest BCUT2D eigenvalue weighted by Gasteiger charge is -2.31. The second-order valence-electron chi connectivity index (χ2n) is 7.84. The molecule has 9 nitrogen and oxygen atoms in total. The van der Waals surface area contributed by atoms with Crippen LogP contribution in [0.2, 0.25) is 0 Å². The number of benzene rings is 1. The number of amides is 2. The van der Waals surface area contributed by atoms with E-state index in [4.69, 9.17) is 4.74 Å². The second-order valence-corrected chi connectivity index (χ2v) is 7.84. The van der Waals surface area contributed by atoms with Crippen molar-refractivity contribution in [3.63, 3.8) is 0 Å². The van der Waals surface area contributed by atoms with E-state index in [1.165, 1.54) is 17.0 Å². The largest absolute Gasteiger partial charge is 0.379 e. The van der Waals surface area contributed by atoms with Gasteiger partial charge in [0.05, 0.1) is 17.6 Å². The number of hydrogen-bond donors (Lipinski definition) is 1. The number of carbonyl (C=O) groups is 2. The van der Waals surface area contributed by atoms with Gasteiger partial charge in [0, 0.05) is 43.9 Å². The van der Waals surface area contributed by atoms with E-state index in [0.29, 0.717) is 31.9 Å². The van der Waals surface area contributed by atoms with Crippen molar-refractivity contribution in [3.8, 4) is 0 Å². The Morgan fingerprint density at radius 1 is 1.27 bits per heavy atom. The van der Waals surface area contributed by atoms with Gasteiger partial charge in [-0.05, 0) is 58.3 Å². The molecule has 1 aliphatic rings. The summed E-state index contributed by atoms with van der Waals surface area (Å²) in [6, 6.07) is 5.91. The van der Waals surface area contributed by atoms with Crippen LogP contribution in [0.15, 0.2) is 24.3 Å². The molecule has 0 aromatic heterocycles. The van der Waals surface area contributed by atoms with Crippen molar-refractivity contribution >= 4 is 23.2 Å². The first-order valence-electron chi connectivity index (χ1n) is 10.4. The molecule has 1 heterocycles. The average molecular weight is 421 g/mol. The molecule has 1 aliphatic heterocycles. The maximum atomic E-state index is 12.6. The molecule has 1 aromatic carbocycles. The Balaban J connectivity index is 1.71. The quantitative estimate of drug-likeness (QED) is 0.353. The third-order valence-corrected chi connectivity index (χ3v) is 5.21. The van der Waals surface area contributed by atoms with Gasteiger partial charge in [0.25, 0.3) is 5.69 Å². The lowest BCUT2D eigenvalue weighted by molar-refractivity contribution is -0.384. The minimum Gasteiger partial charge on any atom is -0.379 e. The molecule has 9 heteroatoms. The van der Waals surface area contributed by atoms with Crippen LogP contribution < -0.4 is 10.2 Å². The molecule has 2 rings (SSSR count). The van der Waals surface area contributed by atoms with E-state index in [-0.39, 0.29) is 36.1 Å². The van der Waals surface area contributed by atoms with Gasteiger partial charge in [-0.25, -0.2) is 0 Å². The predicted octanol–water partition coefficient (Wildman–Crippen LogP) is 2.20. The van der Waals surface area contributed by atoms with Gasteiger partial charge in [0.15, 0.2) is 0 Å². The summed E-state index contributed by atoms with van der Waals surface area (Å²) in [6.07, 6.45) is 2.45. The molecule has 0 unspecified atom stereocenters. The van der Waals surface area contributed by atoms with Crippen LogP contribution in [0.5, 0.6) is 0 Å². The Hall–Kier alpha value is -2.52. The highest BCUT2D eigenvalue weighted by atomic mass is 16.6. The first-order chi connectivity index (χ1) is 14.3. The molecule has 0 atom stereocenters. The summed E-state index contributed by atoms with van der Waals surface area (Å²) in [5, 5.41) is 13.7. The van der Waals surface area contributed by atoms with Gasteiger partial charge in [-0.15, -0.1) is 0 Å². The number of nitro groups is 1. The number of anilines is 1. The number of carbonyl (C=O) groups excluding carboxylic acids is 2. The summed E-state index contributed by atoms with van der Waals surface area (Å²) < 4.78 is 5.46. The van der Waals surface area contributed by atoms with Crippen LogP contribution in [0.3, 0.4) is 0 Å². The van der Waals surface area contributed by atoms with Gasteiger partial charge in [-0.3, -0.25) is 24.6 Å². The van der Waals surface area contributed by atoms with Crippen molar-refractivity contribution in [2.24, 2.45) is 5.92 Å². The SMILES string of the molecule is CC(C)OCCCNC(=O)C1CCN(CC(=O)N(C)c2ccc([N+](=O)[O-])cc2)CC1. The summed E-state index contributed by atoms with van der Waals surface area (Å²) >= 11 is 0. The van der Waals surface area contributed by atoms with E-state index < -0.39 is 4.92 Å². The van der Waals surface area contributed by atoms with Crippen molar-refractivity contribution in [1.29, 1.82) is 0 Å². The fourth-order valence-corrected chi connectivity index (χ4v) is 3.34. The summed E-state index contributed by atoms with van der Waals surface area (Å²) in [5.41, 5.74) is 0.605. The Labute approximate surface area is 177 Å². The van der Waals surface area contributed by atoms with Crippen LogP contribution in [-0.4, -0.2) is 67.6 Å². The molecular weight excluding hydrogens is 388 g/mol. The Kier molecular flexibility index (Phi) is 9.19. The van der Waals surface area contributed by atoms with Gasteiger partial charge >= 0.3 is 0 Å². The Bertz CT molecular complexity index is 715. The number of nitro benzene ring substituents is 1. The first-order valence-corrected chi connectivity index (χ1v) is 10.4. The van der Waals surface area contributed by atoms with Gasteiger partial charge < -0.3 is 15.0 Å². The number of rotatable bonds is 10. The van der Waals surface area contributed by atoms with Gasteiger partial charge in [0.1, 0.15) is 0 Å². The van der Waals surface area contributed by atoms with E-state index in [1.807, 2.05) is 18.7 Å². The van der Waals surface area contributed by atoms with Crippen LogP contribution >= 0.6 is 0 Å². The van der Waals surface area contributed by atoms with E-state index in [9.17, 15) is 19.7 Å². The average Bonchev–Trinajstić information content (AvgIpc) is 2.73. The molecule has 2 amide bonds. The molecule has 0 bridgehead atoms. The standard InChI is InChI=1S/C21H32N4O5/c1-16(2)30-14-4-11-22-21(27)17-9-12-24(13-10-17)15-20(26)23(3)18-5-7-19(8-6-18)25(28)29/h5-8,16-17H,4,9-15H2,1-3H3,(H,22,27). The third-order valence-electron chi connectivity index (χ3n) is 5.21. The lowest BCUT2D eigenvalue weighted by Crippen LogP contribution is -2.45. The molecule has 166 valence electrons. The van der Waals surface area contributed by atoms with Crippen molar-refractivity contribution in [2.75, 3.05) is 44.7 Å². The summed E-state index contributed by atoms with van der Waals surface area (Å²) in [4.78, 5) is 38.7. The lowest BCUT2D eigenvalue weighted by atomic mass is 9.96. The zero-order chi connectivity index (χ0) is 22.1. The topological polar surface area (TPSA) is 105 Å². The third kappa shape index (κ3) is 7.38. The van der Waals surface area contributed by atoms with Crippen molar-refractivity contribution in [1.82, 2.24) is 10.2 Å². The molecular formula is C21H32N4O5. The number of nitrogens with one attached hydrogen (secondary N) is 1. The summed E-state index contributed by atoms with van der Waals surface area (Å²) in [7, 11) is 1.66. The number of hydrogen-bond acceptors (Lipinski definition) is 6. The number of likely N-dealkylation sites (N-methyl/N-ethyl adjacent to an activating group) is 1. The molecule has 1 saturated heterocycles. The van der Waals surface area contributed by atoms with Crippen LogP contribution in [0, 0.1) is 16.0 Å². The Morgan fingerprint density at radius 2 is 1.90 bits per heavy atom. The van der Waals surface area contributed by atoms with Crippen LogP contribution in [0.1, 0.15) is 33.1 Å². The van der Waals surface area contributed by atoms with Crippen LogP contribution in [0.4, 0.5) is 11.4 Å². The molecule has 1 aromatic rings. The molecule has 1 fully saturated rings. The molecule has 0 saturated carbocycles.